The Hall–Kier alpha value is -0.560. The SMILES string of the molecule is CC1=CC(Cl)=C(C=O)C(C)(C)C1. The number of rotatable bonds is 1. The molecule has 0 bridgehead atoms. The van der Waals surface area contributed by atoms with Crippen LogP contribution >= 0.6 is 11.6 Å². The second kappa shape index (κ2) is 3.06. The zero-order valence-corrected chi connectivity index (χ0v) is 8.40. The molecule has 0 fully saturated rings. The predicted octanol–water partition coefficient (Wildman–Crippen LogP) is 3.05. The molecule has 0 saturated carbocycles. The van der Waals surface area contributed by atoms with Gasteiger partial charge in [-0.15, -0.1) is 0 Å². The summed E-state index contributed by atoms with van der Waals surface area (Å²) in [4.78, 5) is 10.7. The largest absolute Gasteiger partial charge is 0.298 e. The van der Waals surface area contributed by atoms with E-state index >= 15 is 0 Å². The van der Waals surface area contributed by atoms with Crippen LogP contribution in [0, 0.1) is 5.41 Å². The van der Waals surface area contributed by atoms with Crippen LogP contribution in [0.25, 0.3) is 0 Å². The highest BCUT2D eigenvalue weighted by Crippen LogP contribution is 2.39. The van der Waals surface area contributed by atoms with Crippen molar-refractivity contribution in [2.45, 2.75) is 27.2 Å². The Bertz CT molecular complexity index is 272. The number of carbonyl (C=O) groups is 1. The molecule has 1 aliphatic carbocycles. The van der Waals surface area contributed by atoms with E-state index in [9.17, 15) is 4.79 Å². The molecule has 0 aromatic carbocycles. The van der Waals surface area contributed by atoms with Crippen LogP contribution in [0.3, 0.4) is 0 Å². The fourth-order valence-electron chi connectivity index (χ4n) is 1.68. The second-order valence-electron chi connectivity index (χ2n) is 3.93. The summed E-state index contributed by atoms with van der Waals surface area (Å²) >= 11 is 5.93. The Morgan fingerprint density at radius 3 is 2.58 bits per heavy atom. The van der Waals surface area contributed by atoms with Gasteiger partial charge in [-0.05, 0) is 24.8 Å². The van der Waals surface area contributed by atoms with Gasteiger partial charge in [0.2, 0.25) is 0 Å². The maximum Gasteiger partial charge on any atom is 0.148 e. The maximum atomic E-state index is 10.7. The van der Waals surface area contributed by atoms with Crippen molar-refractivity contribution < 1.29 is 4.79 Å². The molecule has 0 radical (unpaired) electrons. The van der Waals surface area contributed by atoms with E-state index < -0.39 is 0 Å². The van der Waals surface area contributed by atoms with Gasteiger partial charge in [0.1, 0.15) is 6.29 Å². The van der Waals surface area contributed by atoms with Crippen molar-refractivity contribution in [2.75, 3.05) is 0 Å². The molecule has 0 aliphatic heterocycles. The Morgan fingerprint density at radius 1 is 1.58 bits per heavy atom. The van der Waals surface area contributed by atoms with E-state index in [0.29, 0.717) is 5.03 Å². The van der Waals surface area contributed by atoms with Gasteiger partial charge in [-0.1, -0.05) is 31.0 Å². The minimum Gasteiger partial charge on any atom is -0.298 e. The van der Waals surface area contributed by atoms with Gasteiger partial charge in [-0.3, -0.25) is 4.79 Å². The van der Waals surface area contributed by atoms with E-state index in [0.717, 1.165) is 18.3 Å². The average Bonchev–Trinajstić information content (AvgIpc) is 1.82. The molecule has 2 heteroatoms. The molecule has 0 N–H and O–H groups in total. The first-order chi connectivity index (χ1) is 5.47. The first kappa shape index (κ1) is 9.53. The molecule has 66 valence electrons. The van der Waals surface area contributed by atoms with Crippen LogP contribution in [0.2, 0.25) is 0 Å². The van der Waals surface area contributed by atoms with Crippen molar-refractivity contribution in [3.05, 3.63) is 22.3 Å². The van der Waals surface area contributed by atoms with Gasteiger partial charge >= 0.3 is 0 Å². The Kier molecular flexibility index (Phi) is 2.43. The molecule has 0 aromatic heterocycles. The van der Waals surface area contributed by atoms with Crippen molar-refractivity contribution in [2.24, 2.45) is 5.41 Å². The third-order valence-corrected chi connectivity index (χ3v) is 2.51. The van der Waals surface area contributed by atoms with Crippen molar-refractivity contribution in [3.63, 3.8) is 0 Å². The summed E-state index contributed by atoms with van der Waals surface area (Å²) in [5.74, 6) is 0. The summed E-state index contributed by atoms with van der Waals surface area (Å²) in [6.45, 7) is 6.11. The highest BCUT2D eigenvalue weighted by atomic mass is 35.5. The van der Waals surface area contributed by atoms with Crippen LogP contribution in [0.15, 0.2) is 22.3 Å². The quantitative estimate of drug-likeness (QED) is 0.573. The molecule has 0 saturated heterocycles. The number of halogens is 1. The summed E-state index contributed by atoms with van der Waals surface area (Å²) in [6.07, 6.45) is 3.65. The standard InChI is InChI=1S/C10H13ClO/c1-7-4-9(11)8(6-12)10(2,3)5-7/h4,6H,5H2,1-3H3. The highest BCUT2D eigenvalue weighted by Gasteiger charge is 2.28. The van der Waals surface area contributed by atoms with E-state index in [-0.39, 0.29) is 5.41 Å². The van der Waals surface area contributed by atoms with Crippen molar-refractivity contribution >= 4 is 17.9 Å². The van der Waals surface area contributed by atoms with Gasteiger partial charge in [-0.25, -0.2) is 0 Å². The lowest BCUT2D eigenvalue weighted by Gasteiger charge is -2.29. The van der Waals surface area contributed by atoms with Crippen LogP contribution in [0.5, 0.6) is 0 Å². The van der Waals surface area contributed by atoms with Crippen molar-refractivity contribution in [3.8, 4) is 0 Å². The van der Waals surface area contributed by atoms with Crippen molar-refractivity contribution in [1.29, 1.82) is 0 Å². The molecular formula is C10H13ClO. The van der Waals surface area contributed by atoms with E-state index in [1.165, 1.54) is 5.57 Å². The normalized spacial score (nSPS) is 22.2. The number of aldehydes is 1. The molecule has 1 aliphatic rings. The molecule has 0 amide bonds. The zero-order valence-electron chi connectivity index (χ0n) is 7.65. The molecule has 1 nitrogen and oxygen atoms in total. The summed E-state index contributed by atoms with van der Waals surface area (Å²) in [6, 6.07) is 0. The van der Waals surface area contributed by atoms with E-state index in [4.69, 9.17) is 11.6 Å². The summed E-state index contributed by atoms with van der Waals surface area (Å²) < 4.78 is 0. The van der Waals surface area contributed by atoms with Crippen LogP contribution in [-0.2, 0) is 4.79 Å². The Labute approximate surface area is 78.1 Å². The predicted molar refractivity (Wildman–Crippen MR) is 51.1 cm³/mol. The monoisotopic (exact) mass is 184 g/mol. The summed E-state index contributed by atoms with van der Waals surface area (Å²) in [5, 5.41) is 0.596. The maximum absolute atomic E-state index is 10.7. The molecular weight excluding hydrogens is 172 g/mol. The van der Waals surface area contributed by atoms with Crippen LogP contribution < -0.4 is 0 Å². The lowest BCUT2D eigenvalue weighted by atomic mass is 9.76. The summed E-state index contributed by atoms with van der Waals surface area (Å²) in [5.41, 5.74) is 1.85. The van der Waals surface area contributed by atoms with Gasteiger partial charge in [0.25, 0.3) is 0 Å². The lowest BCUT2D eigenvalue weighted by molar-refractivity contribution is -0.105. The van der Waals surface area contributed by atoms with E-state index in [1.54, 1.807) is 0 Å². The van der Waals surface area contributed by atoms with E-state index in [2.05, 4.69) is 0 Å². The van der Waals surface area contributed by atoms with Gasteiger partial charge < -0.3 is 0 Å². The molecule has 0 aromatic rings. The number of allylic oxidation sites excluding steroid dienone is 4. The molecule has 0 heterocycles. The minimum atomic E-state index is -0.0995. The number of hydrogen-bond donors (Lipinski definition) is 0. The zero-order chi connectivity index (χ0) is 9.35. The van der Waals surface area contributed by atoms with Crippen molar-refractivity contribution in [1.82, 2.24) is 0 Å². The first-order valence-corrected chi connectivity index (χ1v) is 4.38. The first-order valence-electron chi connectivity index (χ1n) is 4.00. The van der Waals surface area contributed by atoms with Crippen LogP contribution in [-0.4, -0.2) is 6.29 Å². The van der Waals surface area contributed by atoms with Crippen LogP contribution in [0.4, 0.5) is 0 Å². The summed E-state index contributed by atoms with van der Waals surface area (Å²) in [7, 11) is 0. The Balaban J connectivity index is 3.17. The number of carbonyl (C=O) groups excluding carboxylic acids is 1. The van der Waals surface area contributed by atoms with Crippen LogP contribution in [0.1, 0.15) is 27.2 Å². The van der Waals surface area contributed by atoms with E-state index in [1.807, 2.05) is 26.8 Å². The average molecular weight is 185 g/mol. The topological polar surface area (TPSA) is 17.1 Å². The third kappa shape index (κ3) is 1.61. The fourth-order valence-corrected chi connectivity index (χ4v) is 2.16. The smallest absolute Gasteiger partial charge is 0.148 e. The second-order valence-corrected chi connectivity index (χ2v) is 4.34. The van der Waals surface area contributed by atoms with Gasteiger partial charge in [0, 0.05) is 10.6 Å². The molecule has 0 unspecified atom stereocenters. The van der Waals surface area contributed by atoms with Gasteiger partial charge in [0.15, 0.2) is 0 Å². The molecule has 1 rings (SSSR count). The third-order valence-electron chi connectivity index (χ3n) is 2.20. The lowest BCUT2D eigenvalue weighted by Crippen LogP contribution is -2.20. The molecule has 0 atom stereocenters. The van der Waals surface area contributed by atoms with Gasteiger partial charge in [-0.2, -0.15) is 0 Å². The fraction of sp³-hybridized carbons (Fsp3) is 0.500. The minimum absolute atomic E-state index is 0.0995. The number of hydrogen-bond acceptors (Lipinski definition) is 1. The molecule has 0 spiro atoms. The Morgan fingerprint density at radius 2 is 2.17 bits per heavy atom. The van der Waals surface area contributed by atoms with Gasteiger partial charge in [0.05, 0.1) is 0 Å². The molecule has 12 heavy (non-hydrogen) atoms. The highest BCUT2D eigenvalue weighted by molar-refractivity contribution is 6.33.